The van der Waals surface area contributed by atoms with Crippen LogP contribution in [0.1, 0.15) is 29.7 Å². The molecule has 1 N–H and O–H groups in total. The van der Waals surface area contributed by atoms with Gasteiger partial charge in [0.05, 0.1) is 23.2 Å². The fourth-order valence-electron chi connectivity index (χ4n) is 3.99. The first kappa shape index (κ1) is 23.4. The average Bonchev–Trinajstić information content (AvgIpc) is 3.07. The van der Waals surface area contributed by atoms with Gasteiger partial charge in [0.1, 0.15) is 11.5 Å². The van der Waals surface area contributed by atoms with E-state index >= 15 is 0 Å². The molecule has 0 spiro atoms. The number of rotatable bonds is 5. The minimum absolute atomic E-state index is 0.0144. The van der Waals surface area contributed by atoms with Gasteiger partial charge in [0.2, 0.25) is 0 Å². The summed E-state index contributed by atoms with van der Waals surface area (Å²) in [5.74, 6) is -4.31. The highest BCUT2D eigenvalue weighted by atomic mass is 35.5. The Morgan fingerprint density at radius 2 is 1.79 bits per heavy atom. The van der Waals surface area contributed by atoms with Gasteiger partial charge in [-0.3, -0.25) is 14.5 Å². The number of carbonyl (C=O) groups excluding carboxylic acids is 2. The number of aliphatic hydroxyl groups is 1. The van der Waals surface area contributed by atoms with E-state index < -0.39 is 35.1 Å². The van der Waals surface area contributed by atoms with Crippen LogP contribution in [0.4, 0.5) is 14.5 Å². The van der Waals surface area contributed by atoms with E-state index in [0.29, 0.717) is 22.9 Å². The second-order valence-electron chi connectivity index (χ2n) is 7.70. The Morgan fingerprint density at radius 3 is 2.47 bits per heavy atom. The SMILES string of the molecule is CCOc1cc(/C(O)=C2\C(=O)C(=O)N(c3ccc(F)c(F)c3)C2c2ccccc2C)ccc1Cl. The molecule has 0 bridgehead atoms. The van der Waals surface area contributed by atoms with Gasteiger partial charge < -0.3 is 9.84 Å². The molecule has 0 saturated carbocycles. The Bertz CT molecular complexity index is 1340. The third-order valence-electron chi connectivity index (χ3n) is 5.61. The summed E-state index contributed by atoms with van der Waals surface area (Å²) in [6.45, 7) is 3.89. The number of aryl methyl sites for hydroxylation is 1. The van der Waals surface area contributed by atoms with Crippen LogP contribution in [-0.2, 0) is 9.59 Å². The van der Waals surface area contributed by atoms with Crippen molar-refractivity contribution < 1.29 is 28.2 Å². The van der Waals surface area contributed by atoms with Gasteiger partial charge in [0.15, 0.2) is 11.6 Å². The summed E-state index contributed by atoms with van der Waals surface area (Å²) < 4.78 is 33.1. The number of anilines is 1. The zero-order valence-electron chi connectivity index (χ0n) is 18.3. The fraction of sp³-hybridized carbons (Fsp3) is 0.154. The maximum absolute atomic E-state index is 14.1. The molecule has 0 radical (unpaired) electrons. The van der Waals surface area contributed by atoms with E-state index in [9.17, 15) is 23.5 Å². The smallest absolute Gasteiger partial charge is 0.300 e. The Labute approximate surface area is 199 Å². The zero-order chi connectivity index (χ0) is 24.6. The van der Waals surface area contributed by atoms with Crippen LogP contribution in [0, 0.1) is 18.6 Å². The first-order chi connectivity index (χ1) is 16.2. The van der Waals surface area contributed by atoms with Crippen molar-refractivity contribution in [2.75, 3.05) is 11.5 Å². The minimum Gasteiger partial charge on any atom is -0.507 e. The lowest BCUT2D eigenvalue weighted by molar-refractivity contribution is -0.132. The monoisotopic (exact) mass is 483 g/mol. The highest BCUT2D eigenvalue weighted by Crippen LogP contribution is 2.43. The van der Waals surface area contributed by atoms with Gasteiger partial charge in [-0.2, -0.15) is 0 Å². The van der Waals surface area contributed by atoms with Gasteiger partial charge >= 0.3 is 0 Å². The third-order valence-corrected chi connectivity index (χ3v) is 5.93. The summed E-state index contributed by atoms with van der Waals surface area (Å²) in [6, 6.07) is 13.4. The molecule has 3 aromatic carbocycles. The van der Waals surface area contributed by atoms with Gasteiger partial charge in [0.25, 0.3) is 11.7 Å². The zero-order valence-corrected chi connectivity index (χ0v) is 19.1. The number of ether oxygens (including phenoxy) is 1. The number of nitrogens with zero attached hydrogens (tertiary/aromatic N) is 1. The molecular formula is C26H20ClF2NO4. The van der Waals surface area contributed by atoms with Crippen molar-refractivity contribution in [2.45, 2.75) is 19.9 Å². The van der Waals surface area contributed by atoms with E-state index in [1.807, 2.05) is 0 Å². The molecule has 1 amide bonds. The van der Waals surface area contributed by atoms with Crippen LogP contribution in [-0.4, -0.2) is 23.4 Å². The first-order valence-corrected chi connectivity index (χ1v) is 10.9. The van der Waals surface area contributed by atoms with Crippen LogP contribution in [0.25, 0.3) is 5.76 Å². The average molecular weight is 484 g/mol. The molecule has 1 aliphatic rings. The summed E-state index contributed by atoms with van der Waals surface area (Å²) in [6.07, 6.45) is 0. The van der Waals surface area contributed by atoms with Crippen molar-refractivity contribution in [3.05, 3.63) is 99.6 Å². The second-order valence-corrected chi connectivity index (χ2v) is 8.11. The summed E-state index contributed by atoms with van der Waals surface area (Å²) >= 11 is 6.15. The van der Waals surface area contributed by atoms with Gasteiger partial charge in [-0.25, -0.2) is 8.78 Å². The molecule has 8 heteroatoms. The highest BCUT2D eigenvalue weighted by molar-refractivity contribution is 6.51. The molecule has 5 nitrogen and oxygen atoms in total. The molecule has 0 aromatic heterocycles. The minimum atomic E-state index is -1.16. The number of benzene rings is 3. The van der Waals surface area contributed by atoms with Crippen molar-refractivity contribution >= 4 is 34.7 Å². The second kappa shape index (κ2) is 9.27. The predicted molar refractivity (Wildman–Crippen MR) is 125 cm³/mol. The molecule has 0 aliphatic carbocycles. The number of hydrogen-bond donors (Lipinski definition) is 1. The summed E-state index contributed by atoms with van der Waals surface area (Å²) in [5.41, 5.74) is 1.30. The molecule has 34 heavy (non-hydrogen) atoms. The molecular weight excluding hydrogens is 464 g/mol. The van der Waals surface area contributed by atoms with E-state index in [4.69, 9.17) is 16.3 Å². The number of Topliss-reactive ketones (excluding diaryl/α,β-unsaturated/α-hetero) is 1. The van der Waals surface area contributed by atoms with Crippen molar-refractivity contribution in [1.29, 1.82) is 0 Å². The lowest BCUT2D eigenvalue weighted by Crippen LogP contribution is -2.30. The highest BCUT2D eigenvalue weighted by Gasteiger charge is 2.47. The van der Waals surface area contributed by atoms with Crippen LogP contribution in [0.3, 0.4) is 0 Å². The van der Waals surface area contributed by atoms with E-state index in [2.05, 4.69) is 0 Å². The molecule has 1 aliphatic heterocycles. The number of halogens is 3. The molecule has 1 saturated heterocycles. The number of ketones is 1. The van der Waals surface area contributed by atoms with Gasteiger partial charge in [-0.1, -0.05) is 35.9 Å². The van der Waals surface area contributed by atoms with Crippen molar-refractivity contribution in [3.63, 3.8) is 0 Å². The number of aliphatic hydroxyl groups excluding tert-OH is 1. The van der Waals surface area contributed by atoms with Crippen molar-refractivity contribution in [1.82, 2.24) is 0 Å². The van der Waals surface area contributed by atoms with Gasteiger partial charge in [0, 0.05) is 17.3 Å². The van der Waals surface area contributed by atoms with Crippen molar-refractivity contribution in [2.24, 2.45) is 0 Å². The lowest BCUT2D eigenvalue weighted by Gasteiger charge is -2.26. The van der Waals surface area contributed by atoms with Crippen LogP contribution >= 0.6 is 11.6 Å². The van der Waals surface area contributed by atoms with Gasteiger partial charge in [-0.15, -0.1) is 0 Å². The largest absolute Gasteiger partial charge is 0.507 e. The predicted octanol–water partition coefficient (Wildman–Crippen LogP) is 5.95. The van der Waals surface area contributed by atoms with Crippen LogP contribution in [0.5, 0.6) is 5.75 Å². The quantitative estimate of drug-likeness (QED) is 0.276. The van der Waals surface area contributed by atoms with Crippen molar-refractivity contribution in [3.8, 4) is 5.75 Å². The topological polar surface area (TPSA) is 66.8 Å². The Morgan fingerprint density at radius 1 is 1.06 bits per heavy atom. The van der Waals surface area contributed by atoms with Crippen LogP contribution in [0.2, 0.25) is 5.02 Å². The molecule has 3 aromatic rings. The number of hydrogen-bond acceptors (Lipinski definition) is 4. The standard InChI is InChI=1S/C26H20ClF2NO4/c1-3-34-21-12-15(8-10-18(21)27)24(31)22-23(17-7-5-4-6-14(17)2)30(26(33)25(22)32)16-9-11-19(28)20(29)13-16/h4-13,23,31H,3H2,1-2H3/b24-22+. The molecule has 4 rings (SSSR count). The van der Waals surface area contributed by atoms with E-state index in [0.717, 1.165) is 22.6 Å². The number of carbonyl (C=O) groups is 2. The van der Waals surface area contributed by atoms with Gasteiger partial charge in [-0.05, 0) is 55.3 Å². The van der Waals surface area contributed by atoms with E-state index in [1.165, 1.54) is 24.3 Å². The molecule has 1 fully saturated rings. The normalized spacial score (nSPS) is 17.3. The Hall–Kier alpha value is -3.71. The lowest BCUT2D eigenvalue weighted by atomic mass is 9.92. The summed E-state index contributed by atoms with van der Waals surface area (Å²) in [7, 11) is 0. The van der Waals surface area contributed by atoms with Crippen LogP contribution < -0.4 is 9.64 Å². The van der Waals surface area contributed by atoms with Crippen LogP contribution in [0.15, 0.2) is 66.2 Å². The number of amides is 1. The maximum Gasteiger partial charge on any atom is 0.300 e. The maximum atomic E-state index is 14.1. The molecule has 1 atom stereocenters. The molecule has 1 heterocycles. The Kier molecular flexibility index (Phi) is 6.39. The molecule has 174 valence electrons. The third kappa shape index (κ3) is 4.03. The van der Waals surface area contributed by atoms with E-state index in [1.54, 1.807) is 38.1 Å². The first-order valence-electron chi connectivity index (χ1n) is 10.5. The molecule has 1 unspecified atom stereocenters. The summed E-state index contributed by atoms with van der Waals surface area (Å²) in [5, 5.41) is 11.5. The van der Waals surface area contributed by atoms with E-state index in [-0.39, 0.29) is 16.8 Å². The summed E-state index contributed by atoms with van der Waals surface area (Å²) in [4.78, 5) is 27.4. The fourth-order valence-corrected chi connectivity index (χ4v) is 4.17. The Balaban J connectivity index is 1.96.